The molecule has 0 heteroatoms. The van der Waals surface area contributed by atoms with Gasteiger partial charge in [-0.2, -0.15) is 0 Å². The van der Waals surface area contributed by atoms with Crippen LogP contribution in [0.15, 0.2) is 54.6 Å². The number of hydrogen-bond donors (Lipinski definition) is 0. The second kappa shape index (κ2) is 18.5. The highest BCUT2D eigenvalue weighted by molar-refractivity contribution is 5.21. The number of benzene rings is 2. The van der Waals surface area contributed by atoms with Crippen molar-refractivity contribution in [3.63, 3.8) is 0 Å². The molecular formula is C23H38. The minimum atomic E-state index is 1.20. The molecular weight excluding hydrogens is 276 g/mol. The molecule has 0 spiro atoms. The molecule has 0 heterocycles. The minimum Gasteiger partial charge on any atom is -0.0683 e. The second-order valence-electron chi connectivity index (χ2n) is 4.68. The number of rotatable bonds is 5. The topological polar surface area (TPSA) is 0 Å². The van der Waals surface area contributed by atoms with Crippen LogP contribution in [-0.2, 0) is 12.8 Å². The van der Waals surface area contributed by atoms with Gasteiger partial charge in [0.25, 0.3) is 0 Å². The van der Waals surface area contributed by atoms with Crippen LogP contribution in [0.4, 0.5) is 0 Å². The van der Waals surface area contributed by atoms with Gasteiger partial charge in [0.05, 0.1) is 0 Å². The smallest absolute Gasteiger partial charge is 0.0279 e. The zero-order valence-electron chi connectivity index (χ0n) is 16.5. The standard InChI is InChI=1S/C17H20.3C2H6/c1-15-11-13-17(14-12-15)10-6-5-9-16-7-3-2-4-8-16;3*1-2/h2-4,7-8,11-14H,5-6,9-10H2,1H3;3*1-2H3. The maximum atomic E-state index is 2.25. The first-order valence-electron chi connectivity index (χ1n) is 9.44. The summed E-state index contributed by atoms with van der Waals surface area (Å²) in [6.07, 6.45) is 4.95. The Hall–Kier alpha value is -1.56. The fourth-order valence-corrected chi connectivity index (χ4v) is 2.06. The van der Waals surface area contributed by atoms with Crippen LogP contribution in [0.3, 0.4) is 0 Å². The molecule has 2 aromatic carbocycles. The third-order valence-electron chi connectivity index (χ3n) is 3.14. The summed E-state index contributed by atoms with van der Waals surface area (Å²) < 4.78 is 0. The van der Waals surface area contributed by atoms with Gasteiger partial charge in [0, 0.05) is 0 Å². The van der Waals surface area contributed by atoms with Crippen molar-refractivity contribution >= 4 is 0 Å². The molecule has 0 radical (unpaired) electrons. The first kappa shape index (κ1) is 23.7. The number of unbranched alkanes of at least 4 members (excludes halogenated alkanes) is 1. The van der Waals surface area contributed by atoms with Crippen LogP contribution in [-0.4, -0.2) is 0 Å². The van der Waals surface area contributed by atoms with Gasteiger partial charge in [0.15, 0.2) is 0 Å². The van der Waals surface area contributed by atoms with Gasteiger partial charge in [-0.1, -0.05) is 102 Å². The Bertz CT molecular complexity index is 425. The van der Waals surface area contributed by atoms with E-state index < -0.39 is 0 Å². The van der Waals surface area contributed by atoms with E-state index in [2.05, 4.69) is 61.5 Å². The van der Waals surface area contributed by atoms with Crippen LogP contribution in [0.1, 0.15) is 71.1 Å². The van der Waals surface area contributed by atoms with Crippen molar-refractivity contribution in [2.45, 2.75) is 74.1 Å². The molecule has 0 amide bonds. The predicted octanol–water partition coefficient (Wildman–Crippen LogP) is 7.64. The average Bonchev–Trinajstić information content (AvgIpc) is 2.66. The molecule has 23 heavy (non-hydrogen) atoms. The molecule has 0 unspecified atom stereocenters. The minimum absolute atomic E-state index is 1.20. The van der Waals surface area contributed by atoms with E-state index in [0.29, 0.717) is 0 Å². The Morgan fingerprint density at radius 1 is 0.522 bits per heavy atom. The Kier molecular flexibility index (Phi) is 19.1. The van der Waals surface area contributed by atoms with E-state index in [1.54, 1.807) is 0 Å². The van der Waals surface area contributed by atoms with Gasteiger partial charge in [-0.05, 0) is 43.7 Å². The molecule has 0 aromatic heterocycles. The van der Waals surface area contributed by atoms with Crippen molar-refractivity contribution in [2.24, 2.45) is 0 Å². The lowest BCUT2D eigenvalue weighted by Gasteiger charge is -2.03. The maximum absolute atomic E-state index is 2.25. The van der Waals surface area contributed by atoms with E-state index in [-0.39, 0.29) is 0 Å². The van der Waals surface area contributed by atoms with Gasteiger partial charge in [0.2, 0.25) is 0 Å². The summed E-state index contributed by atoms with van der Waals surface area (Å²) in [5.74, 6) is 0. The van der Waals surface area contributed by atoms with Crippen molar-refractivity contribution in [3.8, 4) is 0 Å². The number of aryl methyl sites for hydroxylation is 3. The molecule has 2 rings (SSSR count). The van der Waals surface area contributed by atoms with E-state index in [9.17, 15) is 0 Å². The van der Waals surface area contributed by atoms with Gasteiger partial charge < -0.3 is 0 Å². The van der Waals surface area contributed by atoms with E-state index in [1.165, 1.54) is 42.4 Å². The van der Waals surface area contributed by atoms with Gasteiger partial charge in [0.1, 0.15) is 0 Å². The summed E-state index contributed by atoms with van der Waals surface area (Å²) in [6, 6.07) is 19.6. The molecule has 0 saturated heterocycles. The van der Waals surface area contributed by atoms with Gasteiger partial charge in [-0.25, -0.2) is 0 Å². The molecule has 0 bridgehead atoms. The molecule has 0 N–H and O–H groups in total. The molecule has 0 aliphatic heterocycles. The molecule has 0 nitrogen and oxygen atoms in total. The van der Waals surface area contributed by atoms with Gasteiger partial charge >= 0.3 is 0 Å². The van der Waals surface area contributed by atoms with Crippen LogP contribution in [0.2, 0.25) is 0 Å². The maximum Gasteiger partial charge on any atom is -0.0279 e. The predicted molar refractivity (Wildman–Crippen MR) is 108 cm³/mol. The zero-order chi connectivity index (χ0) is 17.9. The second-order valence-corrected chi connectivity index (χ2v) is 4.68. The monoisotopic (exact) mass is 314 g/mol. The molecule has 0 saturated carbocycles. The van der Waals surface area contributed by atoms with E-state index in [4.69, 9.17) is 0 Å². The molecule has 0 atom stereocenters. The van der Waals surface area contributed by atoms with Crippen molar-refractivity contribution in [2.75, 3.05) is 0 Å². The van der Waals surface area contributed by atoms with Crippen LogP contribution in [0.5, 0.6) is 0 Å². The first-order valence-corrected chi connectivity index (χ1v) is 9.44. The average molecular weight is 315 g/mol. The van der Waals surface area contributed by atoms with Crippen molar-refractivity contribution in [1.82, 2.24) is 0 Å². The normalized spacial score (nSPS) is 8.48. The largest absolute Gasteiger partial charge is 0.0683 e. The Balaban J connectivity index is 0. The molecule has 2 aromatic rings. The van der Waals surface area contributed by atoms with E-state index in [0.717, 1.165) is 0 Å². The summed E-state index contributed by atoms with van der Waals surface area (Å²) in [5, 5.41) is 0. The van der Waals surface area contributed by atoms with Gasteiger partial charge in [-0.15, -0.1) is 0 Å². The lowest BCUT2D eigenvalue weighted by Crippen LogP contribution is -1.89. The lowest BCUT2D eigenvalue weighted by molar-refractivity contribution is 0.734. The van der Waals surface area contributed by atoms with Crippen molar-refractivity contribution in [1.29, 1.82) is 0 Å². The third-order valence-corrected chi connectivity index (χ3v) is 3.14. The van der Waals surface area contributed by atoms with E-state index in [1.807, 2.05) is 41.5 Å². The van der Waals surface area contributed by atoms with Crippen LogP contribution in [0, 0.1) is 6.92 Å². The Labute approximate surface area is 146 Å². The Morgan fingerprint density at radius 2 is 0.913 bits per heavy atom. The number of hydrogen-bond acceptors (Lipinski definition) is 0. The summed E-state index contributed by atoms with van der Waals surface area (Å²) in [7, 11) is 0. The summed E-state index contributed by atoms with van der Waals surface area (Å²) in [5.41, 5.74) is 4.26. The summed E-state index contributed by atoms with van der Waals surface area (Å²) >= 11 is 0. The molecule has 0 aliphatic rings. The van der Waals surface area contributed by atoms with Crippen LogP contribution in [0.25, 0.3) is 0 Å². The summed E-state index contributed by atoms with van der Waals surface area (Å²) in [4.78, 5) is 0. The van der Waals surface area contributed by atoms with Crippen molar-refractivity contribution < 1.29 is 0 Å². The fourth-order valence-electron chi connectivity index (χ4n) is 2.06. The quantitative estimate of drug-likeness (QED) is 0.497. The molecule has 130 valence electrons. The highest BCUT2D eigenvalue weighted by atomic mass is 14.0. The van der Waals surface area contributed by atoms with Crippen LogP contribution >= 0.6 is 0 Å². The third kappa shape index (κ3) is 12.6. The fraction of sp³-hybridized carbons (Fsp3) is 0.478. The first-order chi connectivity index (χ1) is 11.3. The SMILES string of the molecule is CC.CC.CC.Cc1ccc(CCCCc2ccccc2)cc1. The summed E-state index contributed by atoms with van der Waals surface area (Å²) in [6.45, 7) is 14.1. The van der Waals surface area contributed by atoms with Crippen molar-refractivity contribution in [3.05, 3.63) is 71.3 Å². The van der Waals surface area contributed by atoms with Gasteiger partial charge in [-0.3, -0.25) is 0 Å². The van der Waals surface area contributed by atoms with Crippen LogP contribution < -0.4 is 0 Å². The highest BCUT2D eigenvalue weighted by Gasteiger charge is 1.95. The Morgan fingerprint density at radius 3 is 1.35 bits per heavy atom. The lowest BCUT2D eigenvalue weighted by atomic mass is 10.0. The zero-order valence-corrected chi connectivity index (χ0v) is 16.5. The van der Waals surface area contributed by atoms with E-state index >= 15 is 0 Å². The molecule has 0 fully saturated rings. The highest BCUT2D eigenvalue weighted by Crippen LogP contribution is 2.10. The molecule has 0 aliphatic carbocycles.